The number of anilines is 1. The summed E-state index contributed by atoms with van der Waals surface area (Å²) in [5, 5.41) is 24.9. The van der Waals surface area contributed by atoms with E-state index in [0.29, 0.717) is 17.7 Å². The number of aliphatic carboxylic acids is 1. The number of carbonyl (C=O) groups excluding carboxylic acids is 1. The summed E-state index contributed by atoms with van der Waals surface area (Å²) in [7, 11) is 0. The molecule has 35 heavy (non-hydrogen) atoms. The van der Waals surface area contributed by atoms with Crippen LogP contribution in [-0.2, 0) is 20.9 Å². The quantitative estimate of drug-likeness (QED) is 0.434. The van der Waals surface area contributed by atoms with E-state index in [1.54, 1.807) is 26.0 Å². The van der Waals surface area contributed by atoms with Crippen LogP contribution in [0.2, 0.25) is 0 Å². The Morgan fingerprint density at radius 2 is 1.91 bits per heavy atom. The molecule has 2 aromatic carbocycles. The SMILES string of the molecule is CC(OC(=O)Nc1onc(C#N)c1-c1ccc(COC2CC2C(C)C(=O)O)cc1)c1ccccc1. The van der Waals surface area contributed by atoms with E-state index in [2.05, 4.69) is 10.5 Å². The maximum atomic E-state index is 12.4. The molecule has 9 heteroatoms. The lowest BCUT2D eigenvalue weighted by molar-refractivity contribution is -0.142. The van der Waals surface area contributed by atoms with Crippen molar-refractivity contribution >= 4 is 17.9 Å². The highest BCUT2D eigenvalue weighted by Crippen LogP contribution is 2.41. The van der Waals surface area contributed by atoms with Crippen LogP contribution >= 0.6 is 0 Å². The van der Waals surface area contributed by atoms with Gasteiger partial charge in [0.15, 0.2) is 5.69 Å². The van der Waals surface area contributed by atoms with Crippen molar-refractivity contribution in [2.24, 2.45) is 11.8 Å². The second-order valence-corrected chi connectivity index (χ2v) is 8.50. The van der Waals surface area contributed by atoms with Crippen molar-refractivity contribution in [1.29, 1.82) is 5.26 Å². The van der Waals surface area contributed by atoms with Crippen molar-refractivity contribution in [2.75, 3.05) is 5.32 Å². The molecule has 1 aromatic heterocycles. The highest BCUT2D eigenvalue weighted by Gasteiger charge is 2.44. The Balaban J connectivity index is 1.40. The first-order valence-electron chi connectivity index (χ1n) is 11.2. The fraction of sp³-hybridized carbons (Fsp3) is 0.308. The summed E-state index contributed by atoms with van der Waals surface area (Å²) >= 11 is 0. The molecule has 2 N–H and O–H groups in total. The third kappa shape index (κ3) is 5.67. The van der Waals surface area contributed by atoms with E-state index in [1.165, 1.54) is 0 Å². The lowest BCUT2D eigenvalue weighted by atomic mass is 10.0. The van der Waals surface area contributed by atoms with E-state index in [-0.39, 0.29) is 23.6 Å². The van der Waals surface area contributed by atoms with Crippen molar-refractivity contribution < 1.29 is 28.7 Å². The zero-order valence-electron chi connectivity index (χ0n) is 19.3. The number of carbonyl (C=O) groups is 2. The molecule has 180 valence electrons. The Morgan fingerprint density at radius 3 is 2.57 bits per heavy atom. The fourth-order valence-corrected chi connectivity index (χ4v) is 3.86. The number of nitrogens with zero attached hydrogens (tertiary/aromatic N) is 2. The van der Waals surface area contributed by atoms with Crippen LogP contribution in [0.15, 0.2) is 59.1 Å². The maximum absolute atomic E-state index is 12.4. The molecule has 1 aliphatic carbocycles. The number of hydrogen-bond acceptors (Lipinski definition) is 7. The fourth-order valence-electron chi connectivity index (χ4n) is 3.86. The molecule has 4 atom stereocenters. The number of benzene rings is 2. The summed E-state index contributed by atoms with van der Waals surface area (Å²) in [5.41, 5.74) is 2.74. The van der Waals surface area contributed by atoms with Gasteiger partial charge in [0, 0.05) is 5.92 Å². The molecule has 1 amide bonds. The van der Waals surface area contributed by atoms with E-state index in [1.807, 2.05) is 48.5 Å². The third-order valence-electron chi connectivity index (χ3n) is 6.08. The Morgan fingerprint density at radius 1 is 1.20 bits per heavy atom. The summed E-state index contributed by atoms with van der Waals surface area (Å²) in [6, 6.07) is 18.5. The van der Waals surface area contributed by atoms with Gasteiger partial charge in [0.05, 0.1) is 24.2 Å². The predicted octanol–water partition coefficient (Wildman–Crippen LogP) is 5.15. The van der Waals surface area contributed by atoms with Crippen LogP contribution < -0.4 is 5.32 Å². The van der Waals surface area contributed by atoms with Gasteiger partial charge in [-0.15, -0.1) is 0 Å². The highest BCUT2D eigenvalue weighted by molar-refractivity contribution is 5.90. The standard InChI is InChI=1S/C26H25N3O6/c1-15(25(30)31)20-12-22(20)33-14-17-8-10-19(11-9-17)23-21(13-27)29-35-24(23)28-26(32)34-16(2)18-6-4-3-5-7-18/h3-11,15-16,20,22H,12,14H2,1-2H3,(H,28,32)(H,30,31). The van der Waals surface area contributed by atoms with Gasteiger partial charge in [-0.05, 0) is 30.0 Å². The molecule has 3 aromatic rings. The van der Waals surface area contributed by atoms with Crippen molar-refractivity contribution in [1.82, 2.24) is 5.16 Å². The number of carboxylic acids is 1. The summed E-state index contributed by atoms with van der Waals surface area (Å²) in [4.78, 5) is 23.5. The van der Waals surface area contributed by atoms with Gasteiger partial charge in [-0.25, -0.2) is 4.79 Å². The van der Waals surface area contributed by atoms with Crippen molar-refractivity contribution in [3.8, 4) is 17.2 Å². The zero-order chi connectivity index (χ0) is 24.9. The average Bonchev–Trinajstić information content (AvgIpc) is 3.54. The minimum Gasteiger partial charge on any atom is -0.481 e. The van der Waals surface area contributed by atoms with Gasteiger partial charge in [0.2, 0.25) is 5.88 Å². The molecular weight excluding hydrogens is 450 g/mol. The van der Waals surface area contributed by atoms with Crippen LogP contribution in [0.4, 0.5) is 10.7 Å². The average molecular weight is 476 g/mol. The first-order valence-corrected chi connectivity index (χ1v) is 11.2. The molecule has 1 saturated carbocycles. The lowest BCUT2D eigenvalue weighted by Crippen LogP contribution is -2.16. The van der Waals surface area contributed by atoms with Crippen molar-refractivity contribution in [3.63, 3.8) is 0 Å². The summed E-state index contributed by atoms with van der Waals surface area (Å²) < 4.78 is 16.5. The van der Waals surface area contributed by atoms with Crippen LogP contribution in [0.25, 0.3) is 11.1 Å². The number of aromatic nitrogens is 1. The van der Waals surface area contributed by atoms with Gasteiger partial charge in [-0.1, -0.05) is 66.7 Å². The molecule has 0 spiro atoms. The Bertz CT molecular complexity index is 1230. The Hall–Kier alpha value is -4.16. The number of ether oxygens (including phenoxy) is 2. The topological polar surface area (TPSA) is 135 Å². The molecular formula is C26H25N3O6. The number of nitriles is 1. The van der Waals surface area contributed by atoms with Gasteiger partial charge in [0.1, 0.15) is 12.2 Å². The minimum absolute atomic E-state index is 0.0132. The number of nitrogens with one attached hydrogen (secondary N) is 1. The molecule has 4 rings (SSSR count). The smallest absolute Gasteiger partial charge is 0.414 e. The van der Waals surface area contributed by atoms with Crippen LogP contribution in [0.5, 0.6) is 0 Å². The number of rotatable bonds is 9. The molecule has 9 nitrogen and oxygen atoms in total. The van der Waals surface area contributed by atoms with Gasteiger partial charge in [0.25, 0.3) is 0 Å². The second kappa shape index (κ2) is 10.4. The second-order valence-electron chi connectivity index (χ2n) is 8.50. The molecule has 0 saturated heterocycles. The van der Waals surface area contributed by atoms with E-state index in [9.17, 15) is 14.9 Å². The van der Waals surface area contributed by atoms with Crippen LogP contribution in [0.3, 0.4) is 0 Å². The van der Waals surface area contributed by atoms with E-state index in [0.717, 1.165) is 17.5 Å². The molecule has 1 aliphatic rings. The monoisotopic (exact) mass is 475 g/mol. The predicted molar refractivity (Wildman–Crippen MR) is 125 cm³/mol. The Labute approximate surface area is 202 Å². The number of hydrogen-bond donors (Lipinski definition) is 2. The largest absolute Gasteiger partial charge is 0.481 e. The van der Waals surface area contributed by atoms with Crippen LogP contribution in [0, 0.1) is 23.2 Å². The molecule has 1 heterocycles. The molecule has 0 aliphatic heterocycles. The number of carboxylic acid groups (broad SMARTS) is 1. The normalized spacial score (nSPS) is 18.2. The number of amides is 1. The summed E-state index contributed by atoms with van der Waals surface area (Å²) in [6.45, 7) is 3.79. The van der Waals surface area contributed by atoms with Gasteiger partial charge >= 0.3 is 12.1 Å². The van der Waals surface area contributed by atoms with Crippen molar-refractivity contribution in [3.05, 3.63) is 71.4 Å². The van der Waals surface area contributed by atoms with Gasteiger partial charge in [-0.2, -0.15) is 5.26 Å². The van der Waals surface area contributed by atoms with Crippen LogP contribution in [0.1, 0.15) is 43.2 Å². The minimum atomic E-state index is -0.810. The van der Waals surface area contributed by atoms with Crippen LogP contribution in [-0.4, -0.2) is 28.4 Å². The van der Waals surface area contributed by atoms with Crippen molar-refractivity contribution in [2.45, 2.75) is 39.1 Å². The summed E-state index contributed by atoms with van der Waals surface area (Å²) in [5.74, 6) is -1.18. The first kappa shape index (κ1) is 24.0. The lowest BCUT2D eigenvalue weighted by Gasteiger charge is -2.13. The third-order valence-corrected chi connectivity index (χ3v) is 6.08. The molecule has 4 unspecified atom stereocenters. The molecule has 0 bridgehead atoms. The molecule has 0 radical (unpaired) electrons. The van der Waals surface area contributed by atoms with Gasteiger partial charge < -0.3 is 19.1 Å². The first-order chi connectivity index (χ1) is 16.9. The summed E-state index contributed by atoms with van der Waals surface area (Å²) in [6.07, 6.45) is -0.528. The highest BCUT2D eigenvalue weighted by atomic mass is 16.6. The van der Waals surface area contributed by atoms with Gasteiger partial charge in [-0.3, -0.25) is 10.1 Å². The Kier molecular flexibility index (Phi) is 7.13. The van der Waals surface area contributed by atoms with E-state index in [4.69, 9.17) is 19.1 Å². The molecule has 1 fully saturated rings. The zero-order valence-corrected chi connectivity index (χ0v) is 19.3. The van der Waals surface area contributed by atoms with E-state index >= 15 is 0 Å². The maximum Gasteiger partial charge on any atom is 0.414 e. The van der Waals surface area contributed by atoms with E-state index < -0.39 is 24.1 Å².